The molecular weight excluding hydrogens is 192 g/mol. The molecule has 2 aromatic heterocycles. The van der Waals surface area contributed by atoms with Gasteiger partial charge in [0, 0.05) is 12.7 Å². The van der Waals surface area contributed by atoms with E-state index in [4.69, 9.17) is 0 Å². The van der Waals surface area contributed by atoms with Crippen LogP contribution in [0.2, 0.25) is 0 Å². The molecule has 0 aliphatic carbocycles. The Morgan fingerprint density at radius 1 is 1.40 bits per heavy atom. The van der Waals surface area contributed by atoms with E-state index >= 15 is 0 Å². The number of hydrogen-bond donors (Lipinski definition) is 1. The van der Waals surface area contributed by atoms with E-state index < -0.39 is 0 Å². The van der Waals surface area contributed by atoms with Gasteiger partial charge in [-0.25, -0.2) is 4.68 Å². The van der Waals surface area contributed by atoms with Crippen LogP contribution in [0.5, 0.6) is 0 Å². The lowest BCUT2D eigenvalue weighted by atomic mass is 10.1. The predicted octanol–water partition coefficient (Wildman–Crippen LogP) is 0.473. The van der Waals surface area contributed by atoms with Gasteiger partial charge < -0.3 is 5.32 Å². The fraction of sp³-hybridized carbons (Fsp3) is 0.333. The van der Waals surface area contributed by atoms with Gasteiger partial charge in [-0.05, 0) is 29.0 Å². The molecular formula is C9H10N6. The van der Waals surface area contributed by atoms with E-state index in [1.165, 1.54) is 0 Å². The SMILES string of the molecule is c1ccc(C2CCNc3nnnn32)nc1. The molecule has 1 N–H and O–H groups in total. The van der Waals surface area contributed by atoms with Crippen LogP contribution in [0.15, 0.2) is 24.4 Å². The number of aromatic nitrogens is 5. The molecule has 6 nitrogen and oxygen atoms in total. The summed E-state index contributed by atoms with van der Waals surface area (Å²) in [7, 11) is 0. The maximum atomic E-state index is 4.34. The van der Waals surface area contributed by atoms with Crippen molar-refractivity contribution in [3.63, 3.8) is 0 Å². The molecule has 0 radical (unpaired) electrons. The summed E-state index contributed by atoms with van der Waals surface area (Å²) >= 11 is 0. The first-order valence-electron chi connectivity index (χ1n) is 4.88. The van der Waals surface area contributed by atoms with Gasteiger partial charge in [0.1, 0.15) is 6.04 Å². The number of fused-ring (bicyclic) bond motifs is 1. The van der Waals surface area contributed by atoms with Crippen LogP contribution in [0.4, 0.5) is 5.95 Å². The Hall–Kier alpha value is -1.98. The van der Waals surface area contributed by atoms with Crippen molar-refractivity contribution in [2.75, 3.05) is 11.9 Å². The summed E-state index contributed by atoms with van der Waals surface area (Å²) in [5.74, 6) is 0.719. The molecule has 76 valence electrons. The molecule has 3 rings (SSSR count). The lowest BCUT2D eigenvalue weighted by molar-refractivity contribution is 0.459. The van der Waals surface area contributed by atoms with E-state index in [0.717, 1.165) is 24.6 Å². The molecule has 6 heteroatoms. The average molecular weight is 202 g/mol. The van der Waals surface area contributed by atoms with Crippen molar-refractivity contribution in [3.8, 4) is 0 Å². The topological polar surface area (TPSA) is 68.5 Å². The molecule has 1 aliphatic rings. The molecule has 1 unspecified atom stereocenters. The number of pyridine rings is 1. The highest BCUT2D eigenvalue weighted by molar-refractivity contribution is 5.27. The molecule has 0 spiro atoms. The van der Waals surface area contributed by atoms with Crippen molar-refractivity contribution in [1.29, 1.82) is 0 Å². The van der Waals surface area contributed by atoms with E-state index in [0.29, 0.717) is 0 Å². The van der Waals surface area contributed by atoms with Crippen LogP contribution in [0, 0.1) is 0 Å². The first-order valence-corrected chi connectivity index (χ1v) is 4.88. The monoisotopic (exact) mass is 202 g/mol. The zero-order chi connectivity index (χ0) is 10.1. The molecule has 0 aromatic carbocycles. The summed E-state index contributed by atoms with van der Waals surface area (Å²) in [5.41, 5.74) is 1.01. The van der Waals surface area contributed by atoms with Gasteiger partial charge in [0.05, 0.1) is 5.69 Å². The van der Waals surface area contributed by atoms with Gasteiger partial charge in [-0.1, -0.05) is 11.2 Å². The third kappa shape index (κ3) is 1.34. The van der Waals surface area contributed by atoms with Crippen molar-refractivity contribution in [3.05, 3.63) is 30.1 Å². The molecule has 0 saturated carbocycles. The second kappa shape index (κ2) is 3.30. The first-order chi connectivity index (χ1) is 7.45. The zero-order valence-electron chi connectivity index (χ0n) is 8.04. The third-order valence-corrected chi connectivity index (χ3v) is 2.52. The highest BCUT2D eigenvalue weighted by atomic mass is 15.6. The molecule has 1 aliphatic heterocycles. The number of tetrazole rings is 1. The number of anilines is 1. The van der Waals surface area contributed by atoms with Crippen LogP contribution < -0.4 is 5.32 Å². The second-order valence-electron chi connectivity index (χ2n) is 3.43. The Kier molecular flexibility index (Phi) is 1.84. The highest BCUT2D eigenvalue weighted by Gasteiger charge is 2.23. The van der Waals surface area contributed by atoms with Crippen LogP contribution >= 0.6 is 0 Å². The number of hydrogen-bond acceptors (Lipinski definition) is 5. The Morgan fingerprint density at radius 3 is 3.27 bits per heavy atom. The number of nitrogens with one attached hydrogen (secondary N) is 1. The number of rotatable bonds is 1. The lowest BCUT2D eigenvalue weighted by Crippen LogP contribution is -2.25. The lowest BCUT2D eigenvalue weighted by Gasteiger charge is -2.22. The van der Waals surface area contributed by atoms with Gasteiger partial charge in [-0.15, -0.1) is 0 Å². The highest BCUT2D eigenvalue weighted by Crippen LogP contribution is 2.24. The summed E-state index contributed by atoms with van der Waals surface area (Å²) in [4.78, 5) is 4.34. The van der Waals surface area contributed by atoms with E-state index in [-0.39, 0.29) is 6.04 Å². The summed E-state index contributed by atoms with van der Waals surface area (Å²) in [6.45, 7) is 0.877. The van der Waals surface area contributed by atoms with Gasteiger partial charge in [-0.2, -0.15) is 0 Å². The van der Waals surface area contributed by atoms with Crippen molar-refractivity contribution in [2.45, 2.75) is 12.5 Å². The fourth-order valence-electron chi connectivity index (χ4n) is 1.81. The molecule has 15 heavy (non-hydrogen) atoms. The van der Waals surface area contributed by atoms with Crippen LogP contribution in [-0.2, 0) is 0 Å². The standard InChI is InChI=1S/C9H10N6/c1-2-5-10-7(3-1)8-4-6-11-9-12-13-14-15(8)9/h1-3,5,8H,4,6H2,(H,11,12,14). The summed E-state index contributed by atoms with van der Waals surface area (Å²) < 4.78 is 1.78. The van der Waals surface area contributed by atoms with Crippen molar-refractivity contribution < 1.29 is 0 Å². The van der Waals surface area contributed by atoms with Gasteiger partial charge >= 0.3 is 0 Å². The van der Waals surface area contributed by atoms with Crippen molar-refractivity contribution in [2.24, 2.45) is 0 Å². The van der Waals surface area contributed by atoms with Gasteiger partial charge in [0.25, 0.3) is 0 Å². The van der Waals surface area contributed by atoms with Gasteiger partial charge in [-0.3, -0.25) is 4.98 Å². The molecule has 3 heterocycles. The minimum Gasteiger partial charge on any atom is -0.353 e. The van der Waals surface area contributed by atoms with Crippen LogP contribution in [0.1, 0.15) is 18.2 Å². The molecule has 0 bridgehead atoms. The zero-order valence-corrected chi connectivity index (χ0v) is 8.04. The van der Waals surface area contributed by atoms with E-state index in [9.17, 15) is 0 Å². The van der Waals surface area contributed by atoms with Crippen molar-refractivity contribution in [1.82, 2.24) is 25.2 Å². The minimum atomic E-state index is 0.150. The largest absolute Gasteiger partial charge is 0.353 e. The van der Waals surface area contributed by atoms with Crippen LogP contribution in [0.3, 0.4) is 0 Å². The second-order valence-corrected chi connectivity index (χ2v) is 3.43. The van der Waals surface area contributed by atoms with E-state index in [1.54, 1.807) is 10.9 Å². The molecule has 0 amide bonds. The Morgan fingerprint density at radius 2 is 2.40 bits per heavy atom. The third-order valence-electron chi connectivity index (χ3n) is 2.52. The molecule has 1 atom stereocenters. The smallest absolute Gasteiger partial charge is 0.243 e. The normalized spacial score (nSPS) is 19.3. The predicted molar refractivity (Wildman–Crippen MR) is 53.3 cm³/mol. The van der Waals surface area contributed by atoms with Crippen LogP contribution in [-0.4, -0.2) is 31.7 Å². The maximum Gasteiger partial charge on any atom is 0.243 e. The Balaban J connectivity index is 2.03. The molecule has 0 saturated heterocycles. The Bertz CT molecular complexity index is 451. The van der Waals surface area contributed by atoms with E-state index in [2.05, 4.69) is 25.8 Å². The fourth-order valence-corrected chi connectivity index (χ4v) is 1.81. The van der Waals surface area contributed by atoms with Crippen molar-refractivity contribution >= 4 is 5.95 Å². The first kappa shape index (κ1) is 8.34. The summed E-state index contributed by atoms with van der Waals surface area (Å²) in [5, 5.41) is 14.7. The Labute approximate surface area is 86.3 Å². The summed E-state index contributed by atoms with van der Waals surface area (Å²) in [6.07, 6.45) is 2.75. The average Bonchev–Trinajstić information content (AvgIpc) is 2.78. The molecule has 2 aromatic rings. The van der Waals surface area contributed by atoms with Gasteiger partial charge in [0.2, 0.25) is 5.95 Å². The molecule has 0 fully saturated rings. The number of nitrogens with zero attached hydrogens (tertiary/aromatic N) is 5. The van der Waals surface area contributed by atoms with E-state index in [1.807, 2.05) is 18.2 Å². The van der Waals surface area contributed by atoms with Gasteiger partial charge in [0.15, 0.2) is 0 Å². The summed E-state index contributed by atoms with van der Waals surface area (Å²) in [6, 6.07) is 6.04. The quantitative estimate of drug-likeness (QED) is 0.728. The van der Waals surface area contributed by atoms with Crippen LogP contribution in [0.25, 0.3) is 0 Å². The maximum absolute atomic E-state index is 4.34. The minimum absolute atomic E-state index is 0.150.